The fourth-order valence-corrected chi connectivity index (χ4v) is 1.87. The highest BCUT2D eigenvalue weighted by Crippen LogP contribution is 2.13. The Morgan fingerprint density at radius 1 is 1.42 bits per heavy atom. The van der Waals surface area contributed by atoms with Crippen molar-refractivity contribution in [2.24, 2.45) is 0 Å². The third-order valence-electron chi connectivity index (χ3n) is 2.80. The molecule has 5 nitrogen and oxygen atoms in total. The molecule has 0 spiro atoms. The van der Waals surface area contributed by atoms with Crippen molar-refractivity contribution in [2.75, 3.05) is 12.0 Å². The fourth-order valence-electron chi connectivity index (χ4n) is 1.87. The van der Waals surface area contributed by atoms with E-state index < -0.39 is 6.67 Å². The van der Waals surface area contributed by atoms with E-state index in [9.17, 15) is 4.39 Å². The van der Waals surface area contributed by atoms with Crippen LogP contribution in [-0.4, -0.2) is 26.2 Å². The Bertz CT molecular complexity index is 508. The monoisotopic (exact) mass is 287 g/mol. The van der Waals surface area contributed by atoms with Gasteiger partial charge >= 0.3 is 0 Å². The zero-order chi connectivity index (χ0) is 13.0. The molecule has 0 aromatic carbocycles. The first kappa shape index (κ1) is 15.5. The molecule has 106 valence electrons. The molecular weight excluding hydrogens is 269 g/mol. The van der Waals surface area contributed by atoms with Crippen molar-refractivity contribution in [3.05, 3.63) is 29.7 Å². The molecule has 2 aromatic rings. The maximum atomic E-state index is 12.2. The van der Waals surface area contributed by atoms with Gasteiger partial charge in [-0.3, -0.25) is 9.36 Å². The number of halogens is 2. The second kappa shape index (κ2) is 7.13. The molecular formula is C12H19ClFN5. The predicted molar refractivity (Wildman–Crippen MR) is 75.4 cm³/mol. The zero-order valence-electron chi connectivity index (χ0n) is 11.1. The van der Waals surface area contributed by atoms with E-state index in [1.165, 1.54) is 0 Å². The van der Waals surface area contributed by atoms with Crippen molar-refractivity contribution < 1.29 is 4.39 Å². The topological polar surface area (TPSA) is 47.7 Å². The standard InChI is InChI=1S/C12H18FN5.ClH/c1-3-18-11(4-6-15-18)8-14-12-10(2)9-17(16-12)7-5-13;/h4,6,9H,3,5,7-8H2,1-2H3,(H,14,16);1H. The Labute approximate surface area is 118 Å². The van der Waals surface area contributed by atoms with Crippen LogP contribution in [0, 0.1) is 6.92 Å². The van der Waals surface area contributed by atoms with Gasteiger partial charge in [0.05, 0.1) is 18.8 Å². The van der Waals surface area contributed by atoms with Crippen LogP contribution in [-0.2, 0) is 19.6 Å². The van der Waals surface area contributed by atoms with Crippen molar-refractivity contribution in [3.8, 4) is 0 Å². The molecule has 2 rings (SSSR count). The lowest BCUT2D eigenvalue weighted by atomic mass is 10.3. The van der Waals surface area contributed by atoms with Gasteiger partial charge in [-0.05, 0) is 19.9 Å². The van der Waals surface area contributed by atoms with Crippen molar-refractivity contribution in [1.29, 1.82) is 0 Å². The Morgan fingerprint density at radius 3 is 2.89 bits per heavy atom. The van der Waals surface area contributed by atoms with E-state index in [0.29, 0.717) is 13.1 Å². The average Bonchev–Trinajstić information content (AvgIpc) is 2.93. The highest BCUT2D eigenvalue weighted by molar-refractivity contribution is 5.85. The van der Waals surface area contributed by atoms with Crippen LogP contribution in [0.25, 0.3) is 0 Å². The van der Waals surface area contributed by atoms with Gasteiger partial charge in [0.1, 0.15) is 6.67 Å². The number of aromatic nitrogens is 4. The molecule has 0 aliphatic heterocycles. The normalized spacial score (nSPS) is 10.3. The molecule has 0 unspecified atom stereocenters. The quantitative estimate of drug-likeness (QED) is 0.887. The molecule has 2 aromatic heterocycles. The average molecular weight is 288 g/mol. The summed E-state index contributed by atoms with van der Waals surface area (Å²) in [5.74, 6) is 0.798. The molecule has 0 fully saturated rings. The van der Waals surface area contributed by atoms with Gasteiger partial charge < -0.3 is 5.32 Å². The summed E-state index contributed by atoms with van der Waals surface area (Å²) >= 11 is 0. The SMILES string of the molecule is CCn1nccc1CNc1nn(CCF)cc1C.Cl. The van der Waals surface area contributed by atoms with Crippen LogP contribution in [0.15, 0.2) is 18.5 Å². The minimum absolute atomic E-state index is 0. The number of aryl methyl sites for hydroxylation is 3. The van der Waals surface area contributed by atoms with Crippen molar-refractivity contribution in [1.82, 2.24) is 19.6 Å². The van der Waals surface area contributed by atoms with E-state index in [-0.39, 0.29) is 12.4 Å². The molecule has 0 amide bonds. The lowest BCUT2D eigenvalue weighted by Crippen LogP contribution is -2.09. The van der Waals surface area contributed by atoms with Gasteiger partial charge in [0.25, 0.3) is 0 Å². The molecule has 2 heterocycles. The second-order valence-corrected chi connectivity index (χ2v) is 4.10. The summed E-state index contributed by atoms with van der Waals surface area (Å²) in [6.45, 7) is 5.43. The summed E-state index contributed by atoms with van der Waals surface area (Å²) in [7, 11) is 0. The number of nitrogens with zero attached hydrogens (tertiary/aromatic N) is 4. The first-order chi connectivity index (χ1) is 8.74. The predicted octanol–water partition coefficient (Wildman–Crippen LogP) is 2.41. The number of hydrogen-bond donors (Lipinski definition) is 1. The van der Waals surface area contributed by atoms with Crippen LogP contribution >= 0.6 is 12.4 Å². The van der Waals surface area contributed by atoms with Crippen molar-refractivity contribution in [2.45, 2.75) is 33.5 Å². The molecule has 1 N–H and O–H groups in total. The van der Waals surface area contributed by atoms with E-state index in [1.54, 1.807) is 10.9 Å². The second-order valence-electron chi connectivity index (χ2n) is 4.10. The maximum Gasteiger partial charge on any atom is 0.151 e. The number of hydrogen-bond acceptors (Lipinski definition) is 3. The molecule has 7 heteroatoms. The van der Waals surface area contributed by atoms with Crippen LogP contribution in [0.4, 0.5) is 10.2 Å². The highest BCUT2D eigenvalue weighted by atomic mass is 35.5. The van der Waals surface area contributed by atoms with Crippen LogP contribution < -0.4 is 5.32 Å². The van der Waals surface area contributed by atoms with E-state index in [2.05, 4.69) is 22.4 Å². The number of nitrogens with one attached hydrogen (secondary N) is 1. The maximum absolute atomic E-state index is 12.2. The van der Waals surface area contributed by atoms with Gasteiger partial charge in [-0.25, -0.2) is 4.39 Å². The first-order valence-corrected chi connectivity index (χ1v) is 6.09. The number of anilines is 1. The van der Waals surface area contributed by atoms with Crippen LogP contribution in [0.2, 0.25) is 0 Å². The molecule has 0 aliphatic rings. The molecule has 0 bridgehead atoms. The Hall–Kier alpha value is -1.56. The van der Waals surface area contributed by atoms with E-state index in [1.807, 2.05) is 23.9 Å². The molecule has 0 radical (unpaired) electrons. The summed E-state index contributed by atoms with van der Waals surface area (Å²) in [4.78, 5) is 0. The third-order valence-corrected chi connectivity index (χ3v) is 2.80. The largest absolute Gasteiger partial charge is 0.363 e. The highest BCUT2D eigenvalue weighted by Gasteiger charge is 2.06. The lowest BCUT2D eigenvalue weighted by molar-refractivity contribution is 0.427. The van der Waals surface area contributed by atoms with Gasteiger partial charge in [-0.1, -0.05) is 0 Å². The fraction of sp³-hybridized carbons (Fsp3) is 0.500. The molecule has 0 atom stereocenters. The first-order valence-electron chi connectivity index (χ1n) is 6.09. The number of rotatable bonds is 6. The molecule has 19 heavy (non-hydrogen) atoms. The zero-order valence-corrected chi connectivity index (χ0v) is 12.0. The van der Waals surface area contributed by atoms with Crippen molar-refractivity contribution >= 4 is 18.2 Å². The summed E-state index contributed by atoms with van der Waals surface area (Å²) in [6.07, 6.45) is 3.63. The van der Waals surface area contributed by atoms with Gasteiger partial charge in [0.15, 0.2) is 5.82 Å². The smallest absolute Gasteiger partial charge is 0.151 e. The van der Waals surface area contributed by atoms with Crippen LogP contribution in [0.5, 0.6) is 0 Å². The summed E-state index contributed by atoms with van der Waals surface area (Å²) < 4.78 is 15.8. The summed E-state index contributed by atoms with van der Waals surface area (Å²) in [6, 6.07) is 1.98. The lowest BCUT2D eigenvalue weighted by Gasteiger charge is -2.06. The Balaban J connectivity index is 0.00000180. The third kappa shape index (κ3) is 3.70. The summed E-state index contributed by atoms with van der Waals surface area (Å²) in [5.41, 5.74) is 2.13. The van der Waals surface area contributed by atoms with Gasteiger partial charge in [0, 0.05) is 24.5 Å². The van der Waals surface area contributed by atoms with Gasteiger partial charge in [-0.2, -0.15) is 10.2 Å². The van der Waals surface area contributed by atoms with Gasteiger partial charge in [-0.15, -0.1) is 12.4 Å². The minimum Gasteiger partial charge on any atom is -0.363 e. The van der Waals surface area contributed by atoms with E-state index in [0.717, 1.165) is 23.6 Å². The molecule has 0 aliphatic carbocycles. The summed E-state index contributed by atoms with van der Waals surface area (Å²) in [5, 5.41) is 11.7. The van der Waals surface area contributed by atoms with Crippen molar-refractivity contribution in [3.63, 3.8) is 0 Å². The molecule has 0 saturated carbocycles. The van der Waals surface area contributed by atoms with E-state index >= 15 is 0 Å². The van der Waals surface area contributed by atoms with E-state index in [4.69, 9.17) is 0 Å². The molecule has 0 saturated heterocycles. The van der Waals surface area contributed by atoms with Crippen LogP contribution in [0.1, 0.15) is 18.2 Å². The number of alkyl halides is 1. The Morgan fingerprint density at radius 2 is 2.21 bits per heavy atom. The Kier molecular flexibility index (Phi) is 5.82. The van der Waals surface area contributed by atoms with Crippen LogP contribution in [0.3, 0.4) is 0 Å². The minimum atomic E-state index is -0.400. The van der Waals surface area contributed by atoms with Gasteiger partial charge in [0.2, 0.25) is 0 Å².